The summed E-state index contributed by atoms with van der Waals surface area (Å²) in [5.74, 6) is 1.13. The van der Waals surface area contributed by atoms with Crippen LogP contribution in [-0.2, 0) is 19.0 Å². The Bertz CT molecular complexity index is 883. The minimum absolute atomic E-state index is 0.0287. The number of halogens is 3. The van der Waals surface area contributed by atoms with Crippen LogP contribution in [0.3, 0.4) is 0 Å². The SMILES string of the molecule is Nc1cc(Nc2nc3c(c(N4CCC(N)C4)n2)CCCC3)cc(C(F)(F)F)c1. The summed E-state index contributed by atoms with van der Waals surface area (Å²) in [5.41, 5.74) is 13.2. The number of rotatable bonds is 3. The monoisotopic (exact) mass is 392 g/mol. The average molecular weight is 392 g/mol. The second-order valence-corrected chi connectivity index (χ2v) is 7.46. The van der Waals surface area contributed by atoms with Gasteiger partial charge >= 0.3 is 6.18 Å². The summed E-state index contributed by atoms with van der Waals surface area (Å²) in [7, 11) is 0. The van der Waals surface area contributed by atoms with Gasteiger partial charge in [0.1, 0.15) is 5.82 Å². The van der Waals surface area contributed by atoms with Gasteiger partial charge in [-0.05, 0) is 50.3 Å². The van der Waals surface area contributed by atoms with E-state index in [-0.39, 0.29) is 23.4 Å². The molecular formula is C19H23F3N6. The Morgan fingerprint density at radius 2 is 1.89 bits per heavy atom. The van der Waals surface area contributed by atoms with Gasteiger partial charge in [-0.15, -0.1) is 0 Å². The normalized spacial score (nSPS) is 19.6. The molecular weight excluding hydrogens is 369 g/mol. The van der Waals surface area contributed by atoms with Crippen LogP contribution in [-0.4, -0.2) is 29.1 Å². The Morgan fingerprint density at radius 3 is 2.61 bits per heavy atom. The summed E-state index contributed by atoms with van der Waals surface area (Å²) in [4.78, 5) is 11.4. The third kappa shape index (κ3) is 3.84. The molecule has 1 fully saturated rings. The van der Waals surface area contributed by atoms with Gasteiger partial charge in [-0.3, -0.25) is 0 Å². The minimum Gasteiger partial charge on any atom is -0.399 e. The Labute approximate surface area is 161 Å². The van der Waals surface area contributed by atoms with Crippen molar-refractivity contribution in [3.63, 3.8) is 0 Å². The molecule has 0 radical (unpaired) electrons. The van der Waals surface area contributed by atoms with Gasteiger partial charge in [0.05, 0.1) is 11.3 Å². The molecule has 2 aliphatic rings. The molecule has 2 heterocycles. The number of alkyl halides is 3. The molecule has 1 saturated heterocycles. The van der Waals surface area contributed by atoms with Crippen molar-refractivity contribution < 1.29 is 13.2 Å². The van der Waals surface area contributed by atoms with E-state index in [1.807, 2.05) is 0 Å². The number of hydrogen-bond acceptors (Lipinski definition) is 6. The molecule has 0 bridgehead atoms. The van der Waals surface area contributed by atoms with Crippen molar-refractivity contribution in [1.29, 1.82) is 0 Å². The molecule has 28 heavy (non-hydrogen) atoms. The van der Waals surface area contributed by atoms with Gasteiger partial charge in [0.25, 0.3) is 0 Å². The lowest BCUT2D eigenvalue weighted by Crippen LogP contribution is -2.29. The molecule has 1 unspecified atom stereocenters. The number of nitrogens with zero attached hydrogens (tertiary/aromatic N) is 3. The van der Waals surface area contributed by atoms with Crippen molar-refractivity contribution in [3.05, 3.63) is 35.0 Å². The first-order chi connectivity index (χ1) is 13.3. The molecule has 4 rings (SSSR count). The highest BCUT2D eigenvalue weighted by Gasteiger charge is 2.31. The van der Waals surface area contributed by atoms with Crippen LogP contribution in [0.4, 0.5) is 36.3 Å². The van der Waals surface area contributed by atoms with Gasteiger partial charge in [-0.1, -0.05) is 0 Å². The van der Waals surface area contributed by atoms with Crippen LogP contribution < -0.4 is 21.7 Å². The number of fused-ring (bicyclic) bond motifs is 1. The first-order valence-electron chi connectivity index (χ1n) is 9.45. The van der Waals surface area contributed by atoms with Crippen LogP contribution in [0.5, 0.6) is 0 Å². The number of aryl methyl sites for hydroxylation is 1. The van der Waals surface area contributed by atoms with Gasteiger partial charge in [0.2, 0.25) is 5.95 Å². The molecule has 5 N–H and O–H groups in total. The summed E-state index contributed by atoms with van der Waals surface area (Å²) < 4.78 is 39.3. The van der Waals surface area contributed by atoms with Crippen LogP contribution >= 0.6 is 0 Å². The standard InChI is InChI=1S/C19H23F3N6/c20-19(21,22)11-7-13(24)9-14(8-11)25-18-26-16-4-2-1-3-15(16)17(27-18)28-6-5-12(23)10-28/h7-9,12H,1-6,10,23-24H2,(H,25,26,27). The summed E-state index contributed by atoms with van der Waals surface area (Å²) in [5, 5.41) is 2.92. The van der Waals surface area contributed by atoms with E-state index in [4.69, 9.17) is 11.5 Å². The van der Waals surface area contributed by atoms with E-state index >= 15 is 0 Å². The largest absolute Gasteiger partial charge is 0.416 e. The Kier molecular flexibility index (Phi) is 4.78. The number of nitrogen functional groups attached to an aromatic ring is 1. The third-order valence-corrected chi connectivity index (χ3v) is 5.22. The second-order valence-electron chi connectivity index (χ2n) is 7.46. The number of aromatic nitrogens is 2. The maximum atomic E-state index is 13.1. The lowest BCUT2D eigenvalue weighted by Gasteiger charge is -2.25. The predicted octanol–water partition coefficient (Wildman–Crippen LogP) is 3.24. The van der Waals surface area contributed by atoms with E-state index in [0.717, 1.165) is 74.4 Å². The van der Waals surface area contributed by atoms with Crippen molar-refractivity contribution >= 4 is 23.1 Å². The van der Waals surface area contributed by atoms with Gasteiger partial charge in [0, 0.05) is 36.1 Å². The first kappa shape index (κ1) is 18.8. The number of anilines is 4. The van der Waals surface area contributed by atoms with Crippen molar-refractivity contribution in [2.24, 2.45) is 5.73 Å². The number of benzene rings is 1. The van der Waals surface area contributed by atoms with Gasteiger partial charge in [-0.25, -0.2) is 4.98 Å². The van der Waals surface area contributed by atoms with Gasteiger partial charge in [-0.2, -0.15) is 18.2 Å². The second kappa shape index (κ2) is 7.12. The van der Waals surface area contributed by atoms with Crippen molar-refractivity contribution in [2.75, 3.05) is 29.0 Å². The summed E-state index contributed by atoms with van der Waals surface area (Å²) in [6.45, 7) is 1.54. The van der Waals surface area contributed by atoms with Gasteiger partial charge in [0.15, 0.2) is 0 Å². The minimum atomic E-state index is -4.47. The smallest absolute Gasteiger partial charge is 0.399 e. The van der Waals surface area contributed by atoms with Crippen molar-refractivity contribution in [1.82, 2.24) is 9.97 Å². The Morgan fingerprint density at radius 1 is 1.11 bits per heavy atom. The molecule has 1 aliphatic carbocycles. The van der Waals surface area contributed by atoms with Crippen molar-refractivity contribution in [2.45, 2.75) is 44.3 Å². The van der Waals surface area contributed by atoms with Crippen LogP contribution in [0.1, 0.15) is 36.1 Å². The molecule has 0 saturated carbocycles. The molecule has 0 spiro atoms. The molecule has 2 aromatic rings. The maximum Gasteiger partial charge on any atom is 0.416 e. The fraction of sp³-hybridized carbons (Fsp3) is 0.474. The molecule has 1 aliphatic heterocycles. The summed E-state index contributed by atoms with van der Waals surface area (Å²) >= 11 is 0. The number of nitrogens with two attached hydrogens (primary N) is 2. The highest BCUT2D eigenvalue weighted by Crippen LogP contribution is 2.35. The summed E-state index contributed by atoms with van der Waals surface area (Å²) in [6.07, 6.45) is 0.293. The topological polar surface area (TPSA) is 93.1 Å². The average Bonchev–Trinajstić information content (AvgIpc) is 3.06. The first-order valence-corrected chi connectivity index (χ1v) is 9.45. The number of hydrogen-bond donors (Lipinski definition) is 3. The fourth-order valence-corrected chi connectivity index (χ4v) is 3.89. The van der Waals surface area contributed by atoms with E-state index in [2.05, 4.69) is 20.2 Å². The highest BCUT2D eigenvalue weighted by molar-refractivity contribution is 5.64. The summed E-state index contributed by atoms with van der Waals surface area (Å²) in [6, 6.07) is 3.48. The van der Waals surface area contributed by atoms with Crippen LogP contribution in [0.15, 0.2) is 18.2 Å². The third-order valence-electron chi connectivity index (χ3n) is 5.22. The van der Waals surface area contributed by atoms with Crippen LogP contribution in [0.25, 0.3) is 0 Å². The molecule has 150 valence electrons. The van der Waals surface area contributed by atoms with E-state index in [9.17, 15) is 13.2 Å². The van der Waals surface area contributed by atoms with Crippen molar-refractivity contribution in [3.8, 4) is 0 Å². The fourth-order valence-electron chi connectivity index (χ4n) is 3.89. The Hall–Kier alpha value is -2.55. The molecule has 1 aromatic carbocycles. The maximum absolute atomic E-state index is 13.1. The molecule has 1 aromatic heterocycles. The van der Waals surface area contributed by atoms with E-state index in [1.165, 1.54) is 6.07 Å². The van der Waals surface area contributed by atoms with Crippen LogP contribution in [0, 0.1) is 0 Å². The molecule has 0 amide bonds. The zero-order valence-corrected chi connectivity index (χ0v) is 15.4. The van der Waals surface area contributed by atoms with E-state index in [1.54, 1.807) is 0 Å². The molecule has 6 nitrogen and oxygen atoms in total. The van der Waals surface area contributed by atoms with E-state index < -0.39 is 11.7 Å². The molecule has 1 atom stereocenters. The van der Waals surface area contributed by atoms with E-state index in [0.29, 0.717) is 0 Å². The predicted molar refractivity (Wildman–Crippen MR) is 103 cm³/mol. The van der Waals surface area contributed by atoms with Gasteiger partial charge < -0.3 is 21.7 Å². The zero-order chi connectivity index (χ0) is 19.9. The lowest BCUT2D eigenvalue weighted by molar-refractivity contribution is -0.137. The molecule has 9 heteroatoms. The Balaban J connectivity index is 1.70. The quantitative estimate of drug-likeness (QED) is 0.695. The lowest BCUT2D eigenvalue weighted by atomic mass is 9.96. The zero-order valence-electron chi connectivity index (χ0n) is 15.4. The highest BCUT2D eigenvalue weighted by atomic mass is 19.4. The number of nitrogens with one attached hydrogen (secondary N) is 1. The van der Waals surface area contributed by atoms with Crippen LogP contribution in [0.2, 0.25) is 0 Å².